The molecule has 0 unspecified atom stereocenters. The van der Waals surface area contributed by atoms with E-state index < -0.39 is 0 Å². The molecule has 1 N–H and O–H groups in total. The Hall–Kier alpha value is -2.83. The van der Waals surface area contributed by atoms with Crippen LogP contribution in [0.5, 0.6) is 5.75 Å². The molecule has 178 valence electrons. The number of hydrogen-bond donors (Lipinski definition) is 1. The molecule has 0 saturated carbocycles. The van der Waals surface area contributed by atoms with E-state index in [0.717, 1.165) is 67.0 Å². The van der Waals surface area contributed by atoms with Gasteiger partial charge in [0.15, 0.2) is 0 Å². The highest BCUT2D eigenvalue weighted by Gasteiger charge is 2.10. The lowest BCUT2D eigenvalue weighted by Crippen LogP contribution is -2.23. The largest absolute Gasteiger partial charge is 0.492 e. The standard InChI is InChI=1S/C27H30ClN3O2S/c28-21-11-3-6-14-24(21)33-19-9-8-18-31-23-13-5-4-12-22(23)30-26(31)16-2-1-7-17-29-27(32)25-15-10-20-34-25/h3-6,10-15,20H,1-2,7-9,16-19H2,(H,29,32). The molecular weight excluding hydrogens is 466 g/mol. The Labute approximate surface area is 209 Å². The zero-order valence-electron chi connectivity index (χ0n) is 19.2. The molecule has 1 amide bonds. The van der Waals surface area contributed by atoms with Gasteiger partial charge in [-0.15, -0.1) is 11.3 Å². The molecule has 2 heterocycles. The van der Waals surface area contributed by atoms with Crippen molar-refractivity contribution in [3.8, 4) is 5.75 Å². The van der Waals surface area contributed by atoms with Crippen molar-refractivity contribution < 1.29 is 9.53 Å². The third kappa shape index (κ3) is 6.61. The first-order chi connectivity index (χ1) is 16.7. The lowest BCUT2D eigenvalue weighted by molar-refractivity contribution is 0.0957. The van der Waals surface area contributed by atoms with Crippen molar-refractivity contribution in [2.24, 2.45) is 0 Å². The van der Waals surface area contributed by atoms with Gasteiger partial charge in [0.25, 0.3) is 5.91 Å². The summed E-state index contributed by atoms with van der Waals surface area (Å²) in [6.45, 7) is 2.26. The van der Waals surface area contributed by atoms with E-state index in [1.54, 1.807) is 0 Å². The number of aryl methyl sites for hydroxylation is 2. The van der Waals surface area contributed by atoms with E-state index in [1.807, 2.05) is 47.8 Å². The van der Waals surface area contributed by atoms with E-state index in [9.17, 15) is 4.79 Å². The molecule has 0 saturated heterocycles. The number of halogens is 1. The highest BCUT2D eigenvalue weighted by molar-refractivity contribution is 7.12. The number of para-hydroxylation sites is 3. The van der Waals surface area contributed by atoms with Crippen LogP contribution in [0.15, 0.2) is 66.0 Å². The van der Waals surface area contributed by atoms with Crippen LogP contribution in [0.3, 0.4) is 0 Å². The zero-order chi connectivity index (χ0) is 23.6. The number of aromatic nitrogens is 2. The lowest BCUT2D eigenvalue weighted by Gasteiger charge is -2.11. The fraction of sp³-hybridized carbons (Fsp3) is 0.333. The Morgan fingerprint density at radius 3 is 2.68 bits per heavy atom. The highest BCUT2D eigenvalue weighted by atomic mass is 35.5. The molecule has 4 aromatic rings. The highest BCUT2D eigenvalue weighted by Crippen LogP contribution is 2.23. The number of unbranched alkanes of at least 4 members (excludes halogenated alkanes) is 3. The molecule has 0 atom stereocenters. The van der Waals surface area contributed by atoms with Gasteiger partial charge in [-0.1, -0.05) is 48.4 Å². The Balaban J connectivity index is 1.23. The molecular formula is C27H30ClN3O2S. The summed E-state index contributed by atoms with van der Waals surface area (Å²) in [7, 11) is 0. The van der Waals surface area contributed by atoms with Crippen LogP contribution >= 0.6 is 22.9 Å². The van der Waals surface area contributed by atoms with Crippen LogP contribution in [-0.2, 0) is 13.0 Å². The molecule has 0 fully saturated rings. The average molecular weight is 496 g/mol. The maximum atomic E-state index is 12.0. The first-order valence-electron chi connectivity index (χ1n) is 11.9. The number of rotatable bonds is 13. The maximum Gasteiger partial charge on any atom is 0.261 e. The van der Waals surface area contributed by atoms with Crippen molar-refractivity contribution >= 4 is 39.9 Å². The molecule has 0 bridgehead atoms. The second-order valence-electron chi connectivity index (χ2n) is 8.20. The maximum absolute atomic E-state index is 12.0. The van der Waals surface area contributed by atoms with Gasteiger partial charge >= 0.3 is 0 Å². The number of nitrogens with one attached hydrogen (secondary N) is 1. The van der Waals surface area contributed by atoms with Crippen molar-refractivity contribution in [1.82, 2.24) is 14.9 Å². The molecule has 5 nitrogen and oxygen atoms in total. The number of imidazole rings is 1. The summed E-state index contributed by atoms with van der Waals surface area (Å²) in [6, 6.07) is 19.7. The van der Waals surface area contributed by atoms with Gasteiger partial charge < -0.3 is 14.6 Å². The van der Waals surface area contributed by atoms with Gasteiger partial charge in [0.05, 0.1) is 27.5 Å². The number of thiophene rings is 1. The Bertz CT molecular complexity index is 1190. The van der Waals surface area contributed by atoms with Crippen LogP contribution in [0.4, 0.5) is 0 Å². The van der Waals surface area contributed by atoms with Gasteiger partial charge in [0, 0.05) is 19.5 Å². The number of fused-ring (bicyclic) bond motifs is 1. The van der Waals surface area contributed by atoms with Gasteiger partial charge in [-0.3, -0.25) is 4.79 Å². The van der Waals surface area contributed by atoms with E-state index in [1.165, 1.54) is 16.9 Å². The van der Waals surface area contributed by atoms with Crippen LogP contribution in [0.2, 0.25) is 5.02 Å². The molecule has 0 radical (unpaired) electrons. The van der Waals surface area contributed by atoms with Gasteiger partial charge in [0.2, 0.25) is 0 Å². The number of carbonyl (C=O) groups excluding carboxylic acids is 1. The lowest BCUT2D eigenvalue weighted by atomic mass is 10.2. The monoisotopic (exact) mass is 495 g/mol. The van der Waals surface area contributed by atoms with Crippen molar-refractivity contribution in [2.45, 2.75) is 45.1 Å². The summed E-state index contributed by atoms with van der Waals surface area (Å²) in [5.41, 5.74) is 2.24. The molecule has 4 rings (SSSR count). The smallest absolute Gasteiger partial charge is 0.261 e. The number of nitrogens with zero attached hydrogens (tertiary/aromatic N) is 2. The van der Waals surface area contributed by atoms with E-state index in [0.29, 0.717) is 18.2 Å². The summed E-state index contributed by atoms with van der Waals surface area (Å²) in [4.78, 5) is 17.7. The Kier molecular flexibility index (Phi) is 8.99. The topological polar surface area (TPSA) is 56.2 Å². The normalized spacial score (nSPS) is 11.1. The van der Waals surface area contributed by atoms with E-state index in [4.69, 9.17) is 21.3 Å². The van der Waals surface area contributed by atoms with Crippen LogP contribution in [0.1, 0.15) is 47.6 Å². The van der Waals surface area contributed by atoms with E-state index in [-0.39, 0.29) is 5.91 Å². The number of ether oxygens (including phenoxy) is 1. The number of amides is 1. The van der Waals surface area contributed by atoms with Crippen molar-refractivity contribution in [2.75, 3.05) is 13.2 Å². The van der Waals surface area contributed by atoms with Gasteiger partial charge in [-0.25, -0.2) is 4.98 Å². The molecule has 0 aliphatic heterocycles. The first-order valence-corrected chi connectivity index (χ1v) is 13.1. The number of hydrogen-bond acceptors (Lipinski definition) is 4. The third-order valence-corrected chi connectivity index (χ3v) is 6.89. The molecule has 0 spiro atoms. The fourth-order valence-electron chi connectivity index (χ4n) is 3.96. The molecule has 0 aliphatic carbocycles. The summed E-state index contributed by atoms with van der Waals surface area (Å²) in [5, 5.41) is 5.58. The van der Waals surface area contributed by atoms with Crippen LogP contribution < -0.4 is 10.1 Å². The van der Waals surface area contributed by atoms with Crippen LogP contribution in [0, 0.1) is 0 Å². The average Bonchev–Trinajstić information content (AvgIpc) is 3.51. The first kappa shape index (κ1) is 24.3. The van der Waals surface area contributed by atoms with Crippen molar-refractivity contribution in [3.63, 3.8) is 0 Å². The van der Waals surface area contributed by atoms with E-state index in [2.05, 4.69) is 28.1 Å². The molecule has 2 aromatic heterocycles. The van der Waals surface area contributed by atoms with Crippen LogP contribution in [0.25, 0.3) is 11.0 Å². The number of carbonyl (C=O) groups is 1. The minimum atomic E-state index is 0.0234. The minimum Gasteiger partial charge on any atom is -0.492 e. The molecule has 34 heavy (non-hydrogen) atoms. The predicted molar refractivity (Wildman–Crippen MR) is 140 cm³/mol. The SMILES string of the molecule is O=C(NCCCCCc1nc2ccccc2n1CCCCOc1ccccc1Cl)c1cccs1. The minimum absolute atomic E-state index is 0.0234. The molecule has 2 aromatic carbocycles. The van der Waals surface area contributed by atoms with Crippen LogP contribution in [-0.4, -0.2) is 28.6 Å². The summed E-state index contributed by atoms with van der Waals surface area (Å²) in [6.07, 6.45) is 5.96. The Morgan fingerprint density at radius 2 is 1.82 bits per heavy atom. The van der Waals surface area contributed by atoms with Gasteiger partial charge in [-0.05, 0) is 61.4 Å². The molecule has 7 heteroatoms. The van der Waals surface area contributed by atoms with E-state index >= 15 is 0 Å². The summed E-state index contributed by atoms with van der Waals surface area (Å²) < 4.78 is 8.18. The second kappa shape index (κ2) is 12.6. The van der Waals surface area contributed by atoms with Crippen molar-refractivity contribution in [1.29, 1.82) is 0 Å². The third-order valence-electron chi connectivity index (χ3n) is 5.71. The van der Waals surface area contributed by atoms with Crippen molar-refractivity contribution in [3.05, 3.63) is 81.8 Å². The molecule has 0 aliphatic rings. The number of benzene rings is 2. The Morgan fingerprint density at radius 1 is 0.971 bits per heavy atom. The fourth-order valence-corrected chi connectivity index (χ4v) is 4.79. The quantitative estimate of drug-likeness (QED) is 0.209. The summed E-state index contributed by atoms with van der Waals surface area (Å²) >= 11 is 7.64. The zero-order valence-corrected chi connectivity index (χ0v) is 20.8. The summed E-state index contributed by atoms with van der Waals surface area (Å²) in [5.74, 6) is 1.90. The van der Waals surface area contributed by atoms with Gasteiger partial charge in [0.1, 0.15) is 11.6 Å². The predicted octanol–water partition coefficient (Wildman–Crippen LogP) is 6.75. The second-order valence-corrected chi connectivity index (χ2v) is 9.55. The van der Waals surface area contributed by atoms with Gasteiger partial charge in [-0.2, -0.15) is 0 Å².